The van der Waals surface area contributed by atoms with Gasteiger partial charge in [0.2, 0.25) is 0 Å². The molecule has 1 aromatic carbocycles. The molecule has 9 nitrogen and oxygen atoms in total. The SMILES string of the molecule is Cc1ccnc(Nc2cc(Nc3ccc(NC(=O)c4snnc4C)cc3)nc(C)n2)c1. The highest BCUT2D eigenvalue weighted by Gasteiger charge is 2.13. The average molecular weight is 433 g/mol. The fourth-order valence-corrected chi connectivity index (χ4v) is 3.40. The number of rotatable bonds is 6. The van der Waals surface area contributed by atoms with Crippen molar-refractivity contribution in [3.63, 3.8) is 0 Å². The van der Waals surface area contributed by atoms with Crippen LogP contribution in [0.15, 0.2) is 48.7 Å². The summed E-state index contributed by atoms with van der Waals surface area (Å²) in [6, 6.07) is 13.0. The number of anilines is 5. The molecule has 10 heteroatoms. The molecular weight excluding hydrogens is 412 g/mol. The molecule has 0 saturated heterocycles. The number of carbonyl (C=O) groups excluding carboxylic acids is 1. The summed E-state index contributed by atoms with van der Waals surface area (Å²) >= 11 is 1.08. The van der Waals surface area contributed by atoms with E-state index in [9.17, 15) is 4.79 Å². The summed E-state index contributed by atoms with van der Waals surface area (Å²) in [7, 11) is 0. The second-order valence-electron chi connectivity index (χ2n) is 6.87. The molecule has 0 bridgehead atoms. The number of carbonyl (C=O) groups is 1. The molecule has 0 saturated carbocycles. The first-order valence-corrected chi connectivity index (χ1v) is 10.3. The van der Waals surface area contributed by atoms with Gasteiger partial charge in [-0.1, -0.05) is 4.49 Å². The zero-order valence-corrected chi connectivity index (χ0v) is 18.0. The van der Waals surface area contributed by atoms with Crippen LogP contribution in [0.3, 0.4) is 0 Å². The summed E-state index contributed by atoms with van der Waals surface area (Å²) in [5.74, 6) is 2.41. The number of aromatic nitrogens is 5. The molecule has 0 fully saturated rings. The Balaban J connectivity index is 1.44. The first-order chi connectivity index (χ1) is 15.0. The van der Waals surface area contributed by atoms with E-state index in [0.717, 1.165) is 28.6 Å². The molecule has 0 aliphatic rings. The van der Waals surface area contributed by atoms with Crippen LogP contribution in [0.1, 0.15) is 26.8 Å². The van der Waals surface area contributed by atoms with Crippen molar-refractivity contribution in [3.05, 3.63) is 70.6 Å². The first-order valence-electron chi connectivity index (χ1n) is 9.49. The van der Waals surface area contributed by atoms with Crippen LogP contribution in [0.25, 0.3) is 0 Å². The molecule has 0 aliphatic heterocycles. The number of nitrogens with zero attached hydrogens (tertiary/aromatic N) is 5. The predicted octanol–water partition coefficient (Wildman–Crippen LogP) is 4.39. The Morgan fingerprint density at radius 2 is 1.58 bits per heavy atom. The number of pyridine rings is 1. The second kappa shape index (κ2) is 8.84. The first kappa shape index (κ1) is 20.4. The number of amides is 1. The van der Waals surface area contributed by atoms with E-state index in [1.165, 1.54) is 0 Å². The van der Waals surface area contributed by atoms with Gasteiger partial charge in [0, 0.05) is 23.6 Å². The van der Waals surface area contributed by atoms with Gasteiger partial charge < -0.3 is 16.0 Å². The third kappa shape index (κ3) is 5.17. The third-order valence-electron chi connectivity index (χ3n) is 4.28. The maximum Gasteiger partial charge on any atom is 0.269 e. The molecule has 4 rings (SSSR count). The van der Waals surface area contributed by atoms with Crippen LogP contribution in [0.5, 0.6) is 0 Å². The topological polar surface area (TPSA) is 118 Å². The average Bonchev–Trinajstić information content (AvgIpc) is 3.15. The lowest BCUT2D eigenvalue weighted by Crippen LogP contribution is -2.11. The minimum atomic E-state index is -0.222. The zero-order chi connectivity index (χ0) is 21.8. The highest BCUT2D eigenvalue weighted by Crippen LogP contribution is 2.22. The molecule has 31 heavy (non-hydrogen) atoms. The van der Waals surface area contributed by atoms with E-state index < -0.39 is 0 Å². The molecule has 1 amide bonds. The summed E-state index contributed by atoms with van der Waals surface area (Å²) in [6.45, 7) is 5.59. The van der Waals surface area contributed by atoms with Crippen molar-refractivity contribution in [2.45, 2.75) is 20.8 Å². The maximum absolute atomic E-state index is 12.3. The largest absolute Gasteiger partial charge is 0.340 e. The summed E-state index contributed by atoms with van der Waals surface area (Å²) in [5, 5.41) is 13.2. The Bertz CT molecular complexity index is 1220. The van der Waals surface area contributed by atoms with Crippen molar-refractivity contribution >= 4 is 46.3 Å². The van der Waals surface area contributed by atoms with Gasteiger partial charge in [-0.2, -0.15) is 0 Å². The minimum absolute atomic E-state index is 0.222. The molecule has 3 aromatic heterocycles. The molecule has 3 N–H and O–H groups in total. The van der Waals surface area contributed by atoms with Gasteiger partial charge >= 0.3 is 0 Å². The van der Waals surface area contributed by atoms with Gasteiger partial charge in [0.15, 0.2) is 0 Å². The molecule has 0 radical (unpaired) electrons. The highest BCUT2D eigenvalue weighted by atomic mass is 32.1. The van der Waals surface area contributed by atoms with Crippen LogP contribution in [-0.4, -0.2) is 30.4 Å². The Kier molecular flexibility index (Phi) is 5.80. The maximum atomic E-state index is 12.3. The van der Waals surface area contributed by atoms with Crippen molar-refractivity contribution in [2.24, 2.45) is 0 Å². The van der Waals surface area contributed by atoms with E-state index in [0.29, 0.717) is 33.7 Å². The van der Waals surface area contributed by atoms with Gasteiger partial charge in [0.25, 0.3) is 5.91 Å². The lowest BCUT2D eigenvalue weighted by molar-refractivity contribution is 0.103. The lowest BCUT2D eigenvalue weighted by atomic mass is 10.2. The van der Waals surface area contributed by atoms with E-state index >= 15 is 0 Å². The van der Waals surface area contributed by atoms with E-state index in [1.807, 2.05) is 56.3 Å². The molecular formula is C21H20N8OS. The quantitative estimate of drug-likeness (QED) is 0.411. The molecule has 156 valence electrons. The molecule has 0 aliphatic carbocycles. The van der Waals surface area contributed by atoms with E-state index in [4.69, 9.17) is 0 Å². The van der Waals surface area contributed by atoms with Crippen LogP contribution in [0.2, 0.25) is 0 Å². The summed E-state index contributed by atoms with van der Waals surface area (Å²) in [6.07, 6.45) is 1.75. The molecule has 4 aromatic rings. The summed E-state index contributed by atoms with van der Waals surface area (Å²) in [4.78, 5) is 26.0. The van der Waals surface area contributed by atoms with Crippen molar-refractivity contribution in [1.29, 1.82) is 0 Å². The van der Waals surface area contributed by atoms with Crippen molar-refractivity contribution in [2.75, 3.05) is 16.0 Å². The second-order valence-corrected chi connectivity index (χ2v) is 7.63. The Labute approximate surface area is 183 Å². The predicted molar refractivity (Wildman–Crippen MR) is 121 cm³/mol. The standard InChI is InChI=1S/C21H20N8OS/c1-12-8-9-22-17(10-12)27-19-11-18(23-14(3)24-19)25-15-4-6-16(7-5-15)26-21(30)20-13(2)28-29-31-20/h4-11H,1-3H3,(H,26,30)(H2,22,23,24,25,27). The number of hydrogen-bond acceptors (Lipinski definition) is 9. The molecule has 0 atom stereocenters. The van der Waals surface area contributed by atoms with Crippen LogP contribution in [-0.2, 0) is 0 Å². The van der Waals surface area contributed by atoms with Gasteiger partial charge in [-0.25, -0.2) is 15.0 Å². The van der Waals surface area contributed by atoms with Crippen LogP contribution >= 0.6 is 11.5 Å². The summed E-state index contributed by atoms with van der Waals surface area (Å²) in [5.41, 5.74) is 3.22. The normalized spacial score (nSPS) is 10.5. The zero-order valence-electron chi connectivity index (χ0n) is 17.2. The Morgan fingerprint density at radius 1 is 0.871 bits per heavy atom. The van der Waals surface area contributed by atoms with Gasteiger partial charge in [0.1, 0.15) is 28.2 Å². The van der Waals surface area contributed by atoms with E-state index in [1.54, 1.807) is 13.1 Å². The van der Waals surface area contributed by atoms with E-state index in [2.05, 4.69) is 40.5 Å². The summed E-state index contributed by atoms with van der Waals surface area (Å²) < 4.78 is 3.79. The number of aryl methyl sites for hydroxylation is 3. The van der Waals surface area contributed by atoms with Crippen molar-refractivity contribution in [3.8, 4) is 0 Å². The number of hydrogen-bond donors (Lipinski definition) is 3. The fourth-order valence-electron chi connectivity index (χ4n) is 2.84. The smallest absolute Gasteiger partial charge is 0.269 e. The fraction of sp³-hybridized carbons (Fsp3) is 0.143. The number of nitrogens with one attached hydrogen (secondary N) is 3. The van der Waals surface area contributed by atoms with Crippen LogP contribution in [0, 0.1) is 20.8 Å². The van der Waals surface area contributed by atoms with Crippen molar-refractivity contribution < 1.29 is 4.79 Å². The van der Waals surface area contributed by atoms with Gasteiger partial charge in [-0.3, -0.25) is 4.79 Å². The third-order valence-corrected chi connectivity index (χ3v) is 5.11. The molecule has 3 heterocycles. The molecule has 0 unspecified atom stereocenters. The van der Waals surface area contributed by atoms with Gasteiger partial charge in [-0.05, 0) is 74.3 Å². The highest BCUT2D eigenvalue weighted by molar-refractivity contribution is 7.08. The Morgan fingerprint density at radius 3 is 2.26 bits per heavy atom. The number of benzene rings is 1. The lowest BCUT2D eigenvalue weighted by Gasteiger charge is -2.11. The Hall–Kier alpha value is -3.92. The van der Waals surface area contributed by atoms with Gasteiger partial charge in [0.05, 0.1) is 5.69 Å². The van der Waals surface area contributed by atoms with E-state index in [-0.39, 0.29) is 5.91 Å². The minimum Gasteiger partial charge on any atom is -0.340 e. The monoisotopic (exact) mass is 432 g/mol. The van der Waals surface area contributed by atoms with Crippen LogP contribution in [0.4, 0.5) is 28.8 Å². The molecule has 0 spiro atoms. The van der Waals surface area contributed by atoms with Crippen molar-refractivity contribution in [1.82, 2.24) is 24.5 Å². The van der Waals surface area contributed by atoms with Crippen LogP contribution < -0.4 is 16.0 Å². The van der Waals surface area contributed by atoms with Gasteiger partial charge in [-0.15, -0.1) is 5.10 Å².